The molecule has 11 heteroatoms. The van der Waals surface area contributed by atoms with Crippen molar-refractivity contribution in [3.05, 3.63) is 113 Å². The maximum atomic E-state index is 12.5. The summed E-state index contributed by atoms with van der Waals surface area (Å²) in [5.41, 5.74) is 6.57. The Hall–Kier alpha value is -3.38. The molecule has 3 aliphatic rings. The fourth-order valence-electron chi connectivity index (χ4n) is 8.83. The maximum Gasteiger partial charge on any atom is 0.339 e. The van der Waals surface area contributed by atoms with Crippen molar-refractivity contribution in [2.75, 3.05) is 51.8 Å². The van der Waals surface area contributed by atoms with E-state index in [2.05, 4.69) is 148 Å². The molecular formula is C43H51BrClN5O3S. The van der Waals surface area contributed by atoms with Crippen LogP contribution in [0.15, 0.2) is 106 Å². The van der Waals surface area contributed by atoms with Crippen molar-refractivity contribution in [3.8, 4) is 0 Å². The van der Waals surface area contributed by atoms with Crippen LogP contribution in [0.2, 0.25) is 0 Å². The molecule has 4 unspecified atom stereocenters. The lowest BCUT2D eigenvalue weighted by molar-refractivity contribution is -0.131. The van der Waals surface area contributed by atoms with Gasteiger partial charge in [-0.05, 0) is 103 Å². The first-order valence-electron chi connectivity index (χ1n) is 18.6. The van der Waals surface area contributed by atoms with Crippen LogP contribution in [0.4, 0.5) is 11.4 Å². The highest BCUT2D eigenvalue weighted by Crippen LogP contribution is 2.50. The van der Waals surface area contributed by atoms with Gasteiger partial charge >= 0.3 is 5.97 Å². The van der Waals surface area contributed by atoms with E-state index in [9.17, 15) is 4.79 Å². The van der Waals surface area contributed by atoms with E-state index in [0.717, 1.165) is 43.5 Å². The van der Waals surface area contributed by atoms with Crippen molar-refractivity contribution in [2.45, 2.75) is 61.1 Å². The smallest absolute Gasteiger partial charge is 0.339 e. The molecule has 286 valence electrons. The summed E-state index contributed by atoms with van der Waals surface area (Å²) < 4.78 is 15.0. The summed E-state index contributed by atoms with van der Waals surface area (Å²) in [6.07, 6.45) is 7.20. The number of halogens is 2. The van der Waals surface area contributed by atoms with Gasteiger partial charge in [0.25, 0.3) is 0 Å². The third-order valence-electron chi connectivity index (χ3n) is 11.3. The highest BCUT2D eigenvalue weighted by atomic mass is 79.9. The number of esters is 1. The maximum absolute atomic E-state index is 12.5. The Kier molecular flexibility index (Phi) is 12.8. The molecule has 3 aromatic carbocycles. The number of anilines is 2. The van der Waals surface area contributed by atoms with E-state index in [0.29, 0.717) is 18.2 Å². The second-order valence-electron chi connectivity index (χ2n) is 14.5. The summed E-state index contributed by atoms with van der Waals surface area (Å²) >= 11 is 5.23. The molecule has 8 rings (SSSR count). The lowest BCUT2D eigenvalue weighted by atomic mass is 9.69. The number of methoxy groups -OCH3 is 1. The number of aromatic nitrogens is 2. The molecule has 1 fully saturated rings. The fourth-order valence-corrected chi connectivity index (χ4v) is 10.3. The van der Waals surface area contributed by atoms with Gasteiger partial charge in [-0.1, -0.05) is 62.0 Å². The summed E-state index contributed by atoms with van der Waals surface area (Å²) in [5.74, 6) is -0.174. The van der Waals surface area contributed by atoms with E-state index in [1.54, 1.807) is 12.3 Å². The summed E-state index contributed by atoms with van der Waals surface area (Å²) in [6, 6.07) is 26.5. The highest BCUT2D eigenvalue weighted by molar-refractivity contribution is 9.10. The topological polar surface area (TPSA) is 63.1 Å². The van der Waals surface area contributed by atoms with Gasteiger partial charge in [0.05, 0.1) is 23.5 Å². The molecule has 0 radical (unpaired) electrons. The SMILES string of the molecule is CCN(CC)C(C)CN1c2ccccc2Sc2ccccc21.COC12CC(COC(=O)c3cncc(Br)c3)CN(C)C1Cc1cn(C)c3cccc2c13.Cl. The largest absolute Gasteiger partial charge is 0.462 e. The van der Waals surface area contributed by atoms with Crippen molar-refractivity contribution in [1.82, 2.24) is 19.4 Å². The number of likely N-dealkylation sites (tertiary alicyclic amines) is 1. The van der Waals surface area contributed by atoms with Crippen LogP contribution in [-0.4, -0.2) is 84.3 Å². The molecule has 0 spiro atoms. The predicted octanol–water partition coefficient (Wildman–Crippen LogP) is 9.35. The van der Waals surface area contributed by atoms with E-state index >= 15 is 0 Å². The van der Waals surface area contributed by atoms with Gasteiger partial charge in [0.1, 0.15) is 5.60 Å². The monoisotopic (exact) mass is 831 g/mol. The summed E-state index contributed by atoms with van der Waals surface area (Å²) in [6.45, 7) is 11.3. The number of hydrogen-bond acceptors (Lipinski definition) is 8. The number of likely N-dealkylation sites (N-methyl/N-ethyl adjacent to an activating group) is 2. The minimum atomic E-state index is -0.421. The molecule has 1 saturated heterocycles. The average Bonchev–Trinajstić information content (AvgIpc) is 3.50. The first-order valence-corrected chi connectivity index (χ1v) is 20.3. The summed E-state index contributed by atoms with van der Waals surface area (Å²) in [5, 5.41) is 1.31. The number of ether oxygens (including phenoxy) is 2. The standard InChI is InChI=1S/C24H26BrN3O3.C19H24N2S.ClH/c1-27-13-17-8-21-24(30-3,19-5-4-6-20(27)22(17)19)9-15(12-28(21)2)14-31-23(29)16-7-18(25)11-26-10-16;1-4-20(5-2)15(3)14-21-16-10-6-8-12-18(16)22-19-13-9-7-11-17(19)21;/h4-7,10-11,13,15,21H,8-9,12,14H2,1-3H3;6-13,15H,4-5,14H2,1-3H3;1H. The Morgan fingerprint density at radius 1 is 1.02 bits per heavy atom. The molecule has 0 bridgehead atoms. The lowest BCUT2D eigenvalue weighted by Gasteiger charge is -2.53. The lowest BCUT2D eigenvalue weighted by Crippen LogP contribution is -2.59. The molecule has 1 aliphatic carbocycles. The van der Waals surface area contributed by atoms with Gasteiger partial charge in [-0.15, -0.1) is 12.4 Å². The Morgan fingerprint density at radius 2 is 1.70 bits per heavy atom. The second kappa shape index (κ2) is 17.2. The number of nitrogens with zero attached hydrogens (tertiary/aromatic N) is 5. The van der Waals surface area contributed by atoms with E-state index in [4.69, 9.17) is 9.47 Å². The molecule has 54 heavy (non-hydrogen) atoms. The number of benzene rings is 3. The van der Waals surface area contributed by atoms with Crippen molar-refractivity contribution >= 4 is 68.3 Å². The van der Waals surface area contributed by atoms with Gasteiger partial charge in [0.15, 0.2) is 0 Å². The van der Waals surface area contributed by atoms with Crippen LogP contribution in [0, 0.1) is 5.92 Å². The number of rotatable bonds is 9. The second-order valence-corrected chi connectivity index (χ2v) is 16.5. The van der Waals surface area contributed by atoms with Gasteiger partial charge in [0.2, 0.25) is 0 Å². The van der Waals surface area contributed by atoms with Gasteiger partial charge in [0, 0.05) is 89.0 Å². The molecule has 5 aromatic rings. The number of fused-ring (bicyclic) bond motifs is 4. The quantitative estimate of drug-likeness (QED) is 0.136. The first kappa shape index (κ1) is 40.3. The molecule has 0 saturated carbocycles. The normalized spacial score (nSPS) is 20.6. The molecule has 2 aliphatic heterocycles. The third-order valence-corrected chi connectivity index (χ3v) is 12.9. The van der Waals surface area contributed by atoms with Gasteiger partial charge in [-0.3, -0.25) is 14.8 Å². The van der Waals surface area contributed by atoms with E-state index < -0.39 is 5.60 Å². The number of aryl methyl sites for hydroxylation is 1. The number of carbonyl (C=O) groups is 1. The van der Waals surface area contributed by atoms with Crippen LogP contribution in [0.25, 0.3) is 10.9 Å². The summed E-state index contributed by atoms with van der Waals surface area (Å²) in [7, 11) is 6.07. The van der Waals surface area contributed by atoms with Gasteiger partial charge in [-0.25, -0.2) is 4.79 Å². The average molecular weight is 833 g/mol. The zero-order valence-corrected chi connectivity index (χ0v) is 35.2. The molecule has 0 N–H and O–H groups in total. The minimum absolute atomic E-state index is 0. The van der Waals surface area contributed by atoms with Crippen molar-refractivity contribution in [2.24, 2.45) is 13.0 Å². The van der Waals surface area contributed by atoms with Crippen LogP contribution in [0.5, 0.6) is 0 Å². The molecule has 8 nitrogen and oxygen atoms in total. The Morgan fingerprint density at radius 3 is 2.35 bits per heavy atom. The van der Waals surface area contributed by atoms with Crippen molar-refractivity contribution in [3.63, 3.8) is 0 Å². The number of para-hydroxylation sites is 2. The zero-order valence-electron chi connectivity index (χ0n) is 32.0. The Labute approximate surface area is 338 Å². The van der Waals surface area contributed by atoms with Crippen molar-refractivity contribution in [1.29, 1.82) is 0 Å². The van der Waals surface area contributed by atoms with Gasteiger partial charge < -0.3 is 18.9 Å². The van der Waals surface area contributed by atoms with Crippen LogP contribution in [0.1, 0.15) is 48.7 Å². The molecular weight excluding hydrogens is 782 g/mol. The number of piperidine rings is 1. The first-order chi connectivity index (χ1) is 25.7. The van der Waals surface area contributed by atoms with E-state index in [1.807, 2.05) is 18.9 Å². The van der Waals surface area contributed by atoms with Crippen molar-refractivity contribution < 1.29 is 14.3 Å². The predicted molar refractivity (Wildman–Crippen MR) is 226 cm³/mol. The number of hydrogen-bond donors (Lipinski definition) is 0. The number of pyridine rings is 1. The number of carbonyl (C=O) groups excluding carboxylic acids is 1. The molecule has 4 heterocycles. The van der Waals surface area contributed by atoms with Crippen LogP contribution < -0.4 is 4.90 Å². The van der Waals surface area contributed by atoms with E-state index in [-0.39, 0.29) is 30.3 Å². The fraction of sp³-hybridized carbons (Fsp3) is 0.395. The Bertz CT molecular complexity index is 2050. The third kappa shape index (κ3) is 7.71. The van der Waals surface area contributed by atoms with Gasteiger partial charge in [-0.2, -0.15) is 0 Å². The zero-order chi connectivity index (χ0) is 37.3. The molecule has 2 aromatic heterocycles. The van der Waals surface area contributed by atoms with Crippen LogP contribution in [-0.2, 0) is 28.5 Å². The van der Waals surface area contributed by atoms with E-state index in [1.165, 1.54) is 49.4 Å². The highest BCUT2D eigenvalue weighted by Gasteiger charge is 2.52. The Balaban J connectivity index is 0.000000191. The summed E-state index contributed by atoms with van der Waals surface area (Å²) in [4.78, 5) is 26.7. The molecule has 4 atom stereocenters. The minimum Gasteiger partial charge on any atom is -0.462 e. The van der Waals surface area contributed by atoms with Crippen LogP contribution in [0.3, 0.4) is 0 Å². The molecule has 0 amide bonds. The van der Waals surface area contributed by atoms with Crippen LogP contribution >= 0.6 is 40.1 Å².